The first-order chi connectivity index (χ1) is 7.10. The number of aliphatic hydroxyl groups is 2. The molecule has 0 fully saturated rings. The van der Waals surface area contributed by atoms with Crippen molar-refractivity contribution in [3.8, 4) is 0 Å². The van der Waals surface area contributed by atoms with Crippen LogP contribution in [-0.2, 0) is 0 Å². The third kappa shape index (κ3) is 2.77. The molecule has 0 radical (unpaired) electrons. The fourth-order valence-corrected chi connectivity index (χ4v) is 1.37. The van der Waals surface area contributed by atoms with Gasteiger partial charge in [0, 0.05) is 16.9 Å². The third-order valence-electron chi connectivity index (χ3n) is 2.03. The first kappa shape index (κ1) is 12.2. The van der Waals surface area contributed by atoms with Crippen molar-refractivity contribution in [3.63, 3.8) is 0 Å². The summed E-state index contributed by atoms with van der Waals surface area (Å²) in [6.07, 6.45) is -1.99. The zero-order valence-electron chi connectivity index (χ0n) is 7.80. The Labute approximate surface area is 92.0 Å². The van der Waals surface area contributed by atoms with Gasteiger partial charge in [0.15, 0.2) is 0 Å². The van der Waals surface area contributed by atoms with E-state index < -0.39 is 18.0 Å². The molecule has 0 saturated heterocycles. The van der Waals surface area contributed by atoms with E-state index in [9.17, 15) is 19.4 Å². The first-order valence-electron chi connectivity index (χ1n) is 4.31. The van der Waals surface area contributed by atoms with Crippen LogP contribution in [0.25, 0.3) is 0 Å². The molecule has 2 atom stereocenters. The summed E-state index contributed by atoms with van der Waals surface area (Å²) < 4.78 is 13.2. The molecule has 0 aliphatic carbocycles. The summed E-state index contributed by atoms with van der Waals surface area (Å²) in [5.41, 5.74) is 0.151. The summed E-state index contributed by atoms with van der Waals surface area (Å²) in [5.74, 6) is -0.653. The molecule has 1 aromatic rings. The Morgan fingerprint density at radius 3 is 2.67 bits per heavy atom. The molecule has 0 aromatic heterocycles. The molecule has 1 rings (SSSR count). The molecule has 2 N–H and O–H groups in total. The minimum Gasteiger partial charge on any atom is -0.389 e. The zero-order chi connectivity index (χ0) is 11.4. The summed E-state index contributed by atoms with van der Waals surface area (Å²) >= 11 is 3.79. The number of halogens is 1. The summed E-state index contributed by atoms with van der Waals surface area (Å²) in [7, 11) is 0. The maximum atomic E-state index is 13.2. The Hall–Kier alpha value is -0.910. The van der Waals surface area contributed by atoms with E-state index in [1.54, 1.807) is 0 Å². The number of hydrogen-bond donors (Lipinski definition) is 3. The topological polar surface area (TPSA) is 57.5 Å². The lowest BCUT2D eigenvalue weighted by Gasteiger charge is -2.16. The molecular weight excluding hydrogens is 219 g/mol. The minimum atomic E-state index is -1.37. The van der Waals surface area contributed by atoms with Crippen LogP contribution in [0.15, 0.2) is 18.2 Å². The molecule has 82 valence electrons. The van der Waals surface area contributed by atoms with Crippen molar-refractivity contribution in [1.82, 2.24) is 0 Å². The van der Waals surface area contributed by atoms with Crippen LogP contribution < -0.4 is 0 Å². The van der Waals surface area contributed by atoms with Crippen LogP contribution in [0.5, 0.6) is 0 Å². The van der Waals surface area contributed by atoms with Crippen molar-refractivity contribution < 1.29 is 19.4 Å². The Balaban J connectivity index is 3.06. The van der Waals surface area contributed by atoms with Gasteiger partial charge in [-0.1, -0.05) is 0 Å². The molecule has 0 spiro atoms. The van der Waals surface area contributed by atoms with Gasteiger partial charge in [-0.15, -0.1) is 0 Å². The summed E-state index contributed by atoms with van der Waals surface area (Å²) in [6.45, 7) is 0. The normalized spacial score (nSPS) is 14.7. The highest BCUT2D eigenvalue weighted by molar-refractivity contribution is 7.80. The second-order valence-corrected chi connectivity index (χ2v) is 3.46. The molecule has 0 bridgehead atoms. The van der Waals surface area contributed by atoms with Gasteiger partial charge in [-0.2, -0.15) is 12.6 Å². The predicted molar refractivity (Wildman–Crippen MR) is 56.6 cm³/mol. The third-order valence-corrected chi connectivity index (χ3v) is 2.40. The number of aliphatic hydroxyl groups excluding tert-OH is 2. The molecule has 0 aliphatic rings. The van der Waals surface area contributed by atoms with Gasteiger partial charge in [0.1, 0.15) is 18.2 Å². The largest absolute Gasteiger partial charge is 0.389 e. The Morgan fingerprint density at radius 2 is 2.13 bits per heavy atom. The highest BCUT2D eigenvalue weighted by atomic mass is 32.1. The number of hydrogen-bond acceptors (Lipinski definition) is 4. The monoisotopic (exact) mass is 230 g/mol. The SMILES string of the molecule is O=Cc1ccc(F)c(C(O)C(O)CS)c1. The highest BCUT2D eigenvalue weighted by Gasteiger charge is 2.20. The maximum absolute atomic E-state index is 13.2. The Bertz CT molecular complexity index is 357. The maximum Gasteiger partial charge on any atom is 0.150 e. The molecule has 3 nitrogen and oxygen atoms in total. The fourth-order valence-electron chi connectivity index (χ4n) is 1.17. The van der Waals surface area contributed by atoms with Crippen molar-refractivity contribution in [2.75, 3.05) is 5.75 Å². The quantitative estimate of drug-likeness (QED) is 0.533. The number of benzene rings is 1. The highest BCUT2D eigenvalue weighted by Crippen LogP contribution is 2.21. The van der Waals surface area contributed by atoms with Crippen molar-refractivity contribution in [1.29, 1.82) is 0 Å². The summed E-state index contributed by atoms with van der Waals surface area (Å²) in [4.78, 5) is 10.5. The van der Waals surface area contributed by atoms with E-state index in [0.29, 0.717) is 6.29 Å². The van der Waals surface area contributed by atoms with Crippen LogP contribution in [0.2, 0.25) is 0 Å². The number of thiol groups is 1. The van der Waals surface area contributed by atoms with Crippen LogP contribution >= 0.6 is 12.6 Å². The van der Waals surface area contributed by atoms with Gasteiger partial charge in [-0.25, -0.2) is 4.39 Å². The van der Waals surface area contributed by atoms with Gasteiger partial charge in [-0.05, 0) is 18.2 Å². The van der Waals surface area contributed by atoms with Crippen LogP contribution in [0.3, 0.4) is 0 Å². The van der Waals surface area contributed by atoms with Gasteiger partial charge >= 0.3 is 0 Å². The predicted octanol–water partition coefficient (Wildman–Crippen LogP) is 0.962. The molecule has 2 unspecified atom stereocenters. The minimum absolute atomic E-state index is 0.00588. The lowest BCUT2D eigenvalue weighted by molar-refractivity contribution is 0.0314. The molecule has 0 heterocycles. The molecule has 5 heteroatoms. The number of aldehydes is 1. The Morgan fingerprint density at radius 1 is 1.47 bits per heavy atom. The molecule has 0 saturated carbocycles. The first-order valence-corrected chi connectivity index (χ1v) is 4.95. The second-order valence-electron chi connectivity index (χ2n) is 3.09. The standard InChI is InChI=1S/C10H11FO3S/c11-8-2-1-6(4-12)3-7(8)10(14)9(13)5-15/h1-4,9-10,13-15H,5H2. The van der Waals surface area contributed by atoms with Gasteiger partial charge < -0.3 is 10.2 Å². The lowest BCUT2D eigenvalue weighted by atomic mass is 10.0. The lowest BCUT2D eigenvalue weighted by Crippen LogP contribution is -2.20. The molecular formula is C10H11FO3S. The van der Waals surface area contributed by atoms with Crippen LogP contribution in [0.4, 0.5) is 4.39 Å². The van der Waals surface area contributed by atoms with E-state index in [1.807, 2.05) is 0 Å². The number of carbonyl (C=O) groups excluding carboxylic acids is 1. The molecule has 0 amide bonds. The van der Waals surface area contributed by atoms with Crippen LogP contribution in [-0.4, -0.2) is 28.4 Å². The van der Waals surface area contributed by atoms with Gasteiger partial charge in [-0.3, -0.25) is 4.79 Å². The zero-order valence-corrected chi connectivity index (χ0v) is 8.69. The van der Waals surface area contributed by atoms with Crippen molar-refractivity contribution in [2.45, 2.75) is 12.2 Å². The van der Waals surface area contributed by atoms with E-state index in [1.165, 1.54) is 12.1 Å². The number of carbonyl (C=O) groups is 1. The second kappa shape index (κ2) is 5.25. The fraction of sp³-hybridized carbons (Fsp3) is 0.300. The Kier molecular flexibility index (Phi) is 4.26. The van der Waals surface area contributed by atoms with Gasteiger partial charge in [0.05, 0.1) is 6.10 Å². The summed E-state index contributed by atoms with van der Waals surface area (Å²) in [6, 6.07) is 3.58. The van der Waals surface area contributed by atoms with E-state index >= 15 is 0 Å². The van der Waals surface area contributed by atoms with Crippen molar-refractivity contribution in [3.05, 3.63) is 35.1 Å². The van der Waals surface area contributed by atoms with Crippen LogP contribution in [0, 0.1) is 5.82 Å². The summed E-state index contributed by atoms with van der Waals surface area (Å²) in [5, 5.41) is 18.8. The van der Waals surface area contributed by atoms with Crippen LogP contribution in [0.1, 0.15) is 22.0 Å². The molecule has 15 heavy (non-hydrogen) atoms. The van der Waals surface area contributed by atoms with E-state index in [4.69, 9.17) is 0 Å². The molecule has 1 aromatic carbocycles. The van der Waals surface area contributed by atoms with Gasteiger partial charge in [0.2, 0.25) is 0 Å². The smallest absolute Gasteiger partial charge is 0.150 e. The van der Waals surface area contributed by atoms with E-state index in [2.05, 4.69) is 12.6 Å². The number of rotatable bonds is 4. The molecule has 0 aliphatic heterocycles. The average molecular weight is 230 g/mol. The van der Waals surface area contributed by atoms with Crippen molar-refractivity contribution >= 4 is 18.9 Å². The van der Waals surface area contributed by atoms with Crippen molar-refractivity contribution in [2.24, 2.45) is 0 Å². The van der Waals surface area contributed by atoms with E-state index in [0.717, 1.165) is 6.07 Å². The van der Waals surface area contributed by atoms with E-state index in [-0.39, 0.29) is 16.9 Å². The van der Waals surface area contributed by atoms with Gasteiger partial charge in [0.25, 0.3) is 0 Å². The average Bonchev–Trinajstić information content (AvgIpc) is 2.27.